The zero-order chi connectivity index (χ0) is 21.4. The number of nitrogens with one attached hydrogen (secondary N) is 1. The highest BCUT2D eigenvalue weighted by atomic mass is 79.9. The number of anilines is 1. The smallest absolute Gasteiger partial charge is 0.174 e. The first-order valence-electron chi connectivity index (χ1n) is 9.72. The van der Waals surface area contributed by atoms with Gasteiger partial charge in [-0.2, -0.15) is 0 Å². The quantitative estimate of drug-likeness (QED) is 0.332. The number of halogens is 2. The van der Waals surface area contributed by atoms with Crippen molar-refractivity contribution >= 4 is 38.9 Å². The monoisotopic (exact) mass is 493 g/mol. The predicted molar refractivity (Wildman–Crippen MR) is 126 cm³/mol. The van der Waals surface area contributed by atoms with E-state index in [1.54, 1.807) is 12.3 Å². The zero-order valence-electron chi connectivity index (χ0n) is 16.2. The van der Waals surface area contributed by atoms with Gasteiger partial charge in [-0.05, 0) is 82.7 Å². The van der Waals surface area contributed by atoms with Gasteiger partial charge in [0.15, 0.2) is 5.11 Å². The third-order valence-corrected chi connectivity index (χ3v) is 6.22. The van der Waals surface area contributed by atoms with Crippen LogP contribution in [0.25, 0.3) is 11.3 Å². The highest BCUT2D eigenvalue weighted by Gasteiger charge is 2.42. The summed E-state index contributed by atoms with van der Waals surface area (Å²) in [5.74, 6) is 1.07. The molecule has 2 atom stereocenters. The summed E-state index contributed by atoms with van der Waals surface area (Å²) in [6.07, 6.45) is 1.77. The molecule has 1 saturated heterocycles. The van der Waals surface area contributed by atoms with Gasteiger partial charge >= 0.3 is 0 Å². The molecule has 4 aromatic rings. The Hall–Kier alpha value is -3.03. The average molecular weight is 494 g/mol. The van der Waals surface area contributed by atoms with Gasteiger partial charge in [-0.1, -0.05) is 24.3 Å². The van der Waals surface area contributed by atoms with Crippen molar-refractivity contribution in [2.45, 2.75) is 12.1 Å². The number of thiocarbonyl (C=S) groups is 1. The molecule has 154 valence electrons. The summed E-state index contributed by atoms with van der Waals surface area (Å²) in [5.41, 5.74) is 2.61. The lowest BCUT2D eigenvalue weighted by Gasteiger charge is -2.26. The molecule has 4 nitrogen and oxygen atoms in total. The van der Waals surface area contributed by atoms with Crippen molar-refractivity contribution in [2.75, 3.05) is 4.90 Å². The number of hydrogen-bond acceptors (Lipinski definition) is 3. The van der Waals surface area contributed by atoms with Crippen LogP contribution in [0.5, 0.6) is 0 Å². The highest BCUT2D eigenvalue weighted by Crippen LogP contribution is 2.43. The molecule has 31 heavy (non-hydrogen) atoms. The molecule has 7 heteroatoms. The normalized spacial score (nSPS) is 18.3. The number of aromatic nitrogens is 1. The van der Waals surface area contributed by atoms with Crippen LogP contribution in [0.3, 0.4) is 0 Å². The maximum absolute atomic E-state index is 13.5. The predicted octanol–water partition coefficient (Wildman–Crippen LogP) is 6.42. The average Bonchev–Trinajstić information content (AvgIpc) is 3.39. The zero-order valence-corrected chi connectivity index (χ0v) is 18.6. The molecule has 2 aromatic heterocycles. The number of benzene rings is 2. The Balaban J connectivity index is 1.60. The third kappa shape index (κ3) is 3.75. The van der Waals surface area contributed by atoms with Gasteiger partial charge in [0, 0.05) is 21.9 Å². The fourth-order valence-electron chi connectivity index (χ4n) is 3.86. The van der Waals surface area contributed by atoms with Crippen LogP contribution >= 0.6 is 28.1 Å². The lowest BCUT2D eigenvalue weighted by molar-refractivity contribution is 0.439. The van der Waals surface area contributed by atoms with Crippen molar-refractivity contribution in [1.29, 1.82) is 0 Å². The summed E-state index contributed by atoms with van der Waals surface area (Å²) in [7, 11) is 0. The number of hydrogen-bond donors (Lipinski definition) is 1. The van der Waals surface area contributed by atoms with Gasteiger partial charge in [-0.15, -0.1) is 0 Å². The summed E-state index contributed by atoms with van der Waals surface area (Å²) in [6.45, 7) is 0. The van der Waals surface area contributed by atoms with Crippen LogP contribution in [0.4, 0.5) is 10.1 Å². The number of nitrogens with zero attached hydrogens (tertiary/aromatic N) is 2. The Labute approximate surface area is 192 Å². The van der Waals surface area contributed by atoms with E-state index in [0.717, 1.165) is 22.7 Å². The molecular weight excluding hydrogens is 477 g/mol. The minimum absolute atomic E-state index is 0.190. The van der Waals surface area contributed by atoms with E-state index < -0.39 is 0 Å². The molecule has 2 aromatic carbocycles. The second-order valence-electron chi connectivity index (χ2n) is 7.16. The number of pyridine rings is 1. The molecule has 0 saturated carbocycles. The molecule has 0 amide bonds. The fourth-order valence-corrected chi connectivity index (χ4v) is 4.75. The van der Waals surface area contributed by atoms with Gasteiger partial charge in [0.1, 0.15) is 23.4 Å². The van der Waals surface area contributed by atoms with E-state index in [1.165, 1.54) is 12.1 Å². The first-order valence-corrected chi connectivity index (χ1v) is 10.9. The van der Waals surface area contributed by atoms with Crippen LogP contribution in [0.2, 0.25) is 0 Å². The summed E-state index contributed by atoms with van der Waals surface area (Å²) in [4.78, 5) is 6.60. The van der Waals surface area contributed by atoms with E-state index in [4.69, 9.17) is 16.6 Å². The first kappa shape index (κ1) is 19.9. The minimum Gasteiger partial charge on any atom is -0.459 e. The van der Waals surface area contributed by atoms with Gasteiger partial charge < -0.3 is 14.6 Å². The van der Waals surface area contributed by atoms with Crippen LogP contribution in [-0.4, -0.2) is 10.1 Å². The Kier molecular flexibility index (Phi) is 5.29. The van der Waals surface area contributed by atoms with Crippen molar-refractivity contribution in [1.82, 2.24) is 10.3 Å². The third-order valence-electron chi connectivity index (χ3n) is 5.25. The maximum atomic E-state index is 13.5. The molecule has 0 bridgehead atoms. The van der Waals surface area contributed by atoms with E-state index in [9.17, 15) is 4.39 Å². The second kappa shape index (κ2) is 8.24. The van der Waals surface area contributed by atoms with E-state index in [0.29, 0.717) is 15.3 Å². The molecule has 0 radical (unpaired) electrons. The number of para-hydroxylation sites is 1. The lowest BCUT2D eigenvalue weighted by atomic mass is 10.0. The molecule has 0 unspecified atom stereocenters. The van der Waals surface area contributed by atoms with Crippen molar-refractivity contribution in [3.63, 3.8) is 0 Å². The van der Waals surface area contributed by atoms with Gasteiger partial charge in [0.05, 0.1) is 11.7 Å². The minimum atomic E-state index is -0.307. The maximum Gasteiger partial charge on any atom is 0.174 e. The molecule has 0 spiro atoms. The van der Waals surface area contributed by atoms with Crippen LogP contribution in [0.1, 0.15) is 23.5 Å². The van der Waals surface area contributed by atoms with Crippen LogP contribution < -0.4 is 10.2 Å². The molecule has 1 aliphatic heterocycles. The van der Waals surface area contributed by atoms with E-state index >= 15 is 0 Å². The first-order chi connectivity index (χ1) is 15.1. The van der Waals surface area contributed by atoms with Crippen molar-refractivity contribution < 1.29 is 8.81 Å². The molecule has 1 N–H and O–H groups in total. The Morgan fingerprint density at radius 2 is 1.81 bits per heavy atom. The Morgan fingerprint density at radius 3 is 2.55 bits per heavy atom. The largest absolute Gasteiger partial charge is 0.459 e. The van der Waals surface area contributed by atoms with E-state index in [2.05, 4.69) is 31.1 Å². The van der Waals surface area contributed by atoms with Gasteiger partial charge in [0.2, 0.25) is 0 Å². The van der Waals surface area contributed by atoms with Gasteiger partial charge in [0.25, 0.3) is 0 Å². The summed E-state index contributed by atoms with van der Waals surface area (Å²) >= 11 is 9.14. The van der Waals surface area contributed by atoms with Crippen molar-refractivity contribution in [3.8, 4) is 11.3 Å². The highest BCUT2D eigenvalue weighted by molar-refractivity contribution is 9.10. The topological polar surface area (TPSA) is 41.3 Å². The summed E-state index contributed by atoms with van der Waals surface area (Å²) in [6, 6.07) is 23.7. The molecular formula is C24H17BrFN3OS. The second-order valence-corrected chi connectivity index (χ2v) is 8.40. The van der Waals surface area contributed by atoms with Crippen LogP contribution in [0, 0.1) is 5.82 Å². The summed E-state index contributed by atoms with van der Waals surface area (Å²) in [5, 5.41) is 4.02. The fraction of sp³-hybridized carbons (Fsp3) is 0.0833. The molecule has 1 fully saturated rings. The van der Waals surface area contributed by atoms with Gasteiger partial charge in [-0.3, -0.25) is 4.98 Å². The number of furan rings is 1. The molecule has 0 aliphatic carbocycles. The molecule has 3 heterocycles. The van der Waals surface area contributed by atoms with Crippen LogP contribution in [0.15, 0.2) is 93.9 Å². The van der Waals surface area contributed by atoms with Crippen molar-refractivity contribution in [2.24, 2.45) is 0 Å². The van der Waals surface area contributed by atoms with Crippen molar-refractivity contribution in [3.05, 3.63) is 107 Å². The Morgan fingerprint density at radius 1 is 1.00 bits per heavy atom. The number of rotatable bonds is 4. The van der Waals surface area contributed by atoms with Gasteiger partial charge in [-0.25, -0.2) is 4.39 Å². The summed E-state index contributed by atoms with van der Waals surface area (Å²) < 4.78 is 20.5. The standard InChI is InChI=1S/C24H17BrFN3OS/c25-18-14-15(26)9-10-17(18)20-11-12-21(30-20)23-22(19-8-4-5-13-27-19)28-24(31)29(23)16-6-2-1-3-7-16/h1-14,22-23H,(H,28,31)/t22-,23-/m0/s1. The molecule has 5 rings (SSSR count). The SMILES string of the molecule is Fc1ccc(-c2ccc([C@H]3[C@H](c4ccccn4)NC(=S)N3c3ccccc3)o2)c(Br)c1. The Bertz CT molecular complexity index is 1230. The van der Waals surface area contributed by atoms with E-state index in [-0.39, 0.29) is 17.9 Å². The van der Waals surface area contributed by atoms with Crippen LogP contribution in [-0.2, 0) is 0 Å². The van der Waals surface area contributed by atoms with E-state index in [1.807, 2.05) is 60.7 Å². The lowest BCUT2D eigenvalue weighted by Crippen LogP contribution is -2.29. The molecule has 1 aliphatic rings.